The Balaban J connectivity index is 1.68. The number of likely N-dealkylation sites (tertiary alicyclic amines) is 1. The summed E-state index contributed by atoms with van der Waals surface area (Å²) in [6.45, 7) is 5.61. The molecule has 0 bridgehead atoms. The van der Waals surface area contributed by atoms with E-state index in [0.29, 0.717) is 23.2 Å². The molecule has 0 saturated carbocycles. The number of halogens is 1. The number of aliphatic hydroxyl groups is 1. The second-order valence-electron chi connectivity index (χ2n) is 5.61. The summed E-state index contributed by atoms with van der Waals surface area (Å²) in [5.74, 6) is 0.162. The van der Waals surface area contributed by atoms with Crippen molar-refractivity contribution in [3.8, 4) is 0 Å². The zero-order chi connectivity index (χ0) is 15.2. The molecule has 21 heavy (non-hydrogen) atoms. The number of aryl methyl sites for hydroxylation is 1. The lowest BCUT2D eigenvalue weighted by atomic mass is 9.99. The number of carbonyl (C=O) groups is 1. The Morgan fingerprint density at radius 3 is 3.10 bits per heavy atom. The van der Waals surface area contributed by atoms with E-state index in [1.807, 2.05) is 0 Å². The topological polar surface area (TPSA) is 81.2 Å². The SMILES string of the molecule is Cc1[nH]nc(C(=O)NCCCN2CCC[C@H](CO)C2)c1Cl. The normalized spacial score (nSPS) is 19.7. The van der Waals surface area contributed by atoms with Crippen LogP contribution in [-0.4, -0.2) is 58.9 Å². The summed E-state index contributed by atoms with van der Waals surface area (Å²) in [5.41, 5.74) is 0.956. The van der Waals surface area contributed by atoms with Crippen LogP contribution in [0, 0.1) is 12.8 Å². The van der Waals surface area contributed by atoms with Crippen molar-refractivity contribution in [3.63, 3.8) is 0 Å². The standard InChI is InChI=1S/C14H23ClN4O2/c1-10-12(15)13(18-17-10)14(21)16-5-3-7-19-6-2-4-11(8-19)9-20/h11,20H,2-9H2,1H3,(H,16,21)(H,17,18)/t11-/m0/s1. The van der Waals surface area contributed by atoms with Crippen LogP contribution in [0.1, 0.15) is 35.4 Å². The van der Waals surface area contributed by atoms with Crippen LogP contribution in [0.4, 0.5) is 0 Å². The summed E-state index contributed by atoms with van der Waals surface area (Å²) in [5, 5.41) is 19.0. The van der Waals surface area contributed by atoms with Crippen LogP contribution in [0.2, 0.25) is 5.02 Å². The van der Waals surface area contributed by atoms with Gasteiger partial charge in [-0.05, 0) is 45.2 Å². The van der Waals surface area contributed by atoms with E-state index in [4.69, 9.17) is 11.6 Å². The van der Waals surface area contributed by atoms with Gasteiger partial charge in [-0.1, -0.05) is 11.6 Å². The van der Waals surface area contributed by atoms with Gasteiger partial charge in [-0.25, -0.2) is 0 Å². The fourth-order valence-electron chi connectivity index (χ4n) is 2.66. The van der Waals surface area contributed by atoms with E-state index in [-0.39, 0.29) is 18.2 Å². The number of nitrogens with one attached hydrogen (secondary N) is 2. The average molecular weight is 315 g/mol. The molecule has 1 aliphatic rings. The molecule has 0 aliphatic carbocycles. The fourth-order valence-corrected chi connectivity index (χ4v) is 2.83. The van der Waals surface area contributed by atoms with Crippen LogP contribution in [0.25, 0.3) is 0 Å². The smallest absolute Gasteiger partial charge is 0.273 e. The summed E-state index contributed by atoms with van der Waals surface area (Å²) in [7, 11) is 0. The molecule has 1 fully saturated rings. The van der Waals surface area contributed by atoms with Gasteiger partial charge in [0.25, 0.3) is 5.91 Å². The second kappa shape index (κ2) is 7.77. The Bertz CT molecular complexity index is 478. The first-order valence-electron chi connectivity index (χ1n) is 7.43. The van der Waals surface area contributed by atoms with Gasteiger partial charge in [-0.2, -0.15) is 5.10 Å². The van der Waals surface area contributed by atoms with Crippen molar-refractivity contribution in [1.29, 1.82) is 0 Å². The molecule has 0 aromatic carbocycles. The van der Waals surface area contributed by atoms with Crippen LogP contribution in [0.5, 0.6) is 0 Å². The predicted molar refractivity (Wildman–Crippen MR) is 81.5 cm³/mol. The molecule has 1 aromatic rings. The molecule has 0 unspecified atom stereocenters. The number of hydrogen-bond acceptors (Lipinski definition) is 4. The van der Waals surface area contributed by atoms with E-state index in [0.717, 1.165) is 38.9 Å². The predicted octanol–water partition coefficient (Wildman–Crippen LogP) is 1.20. The zero-order valence-electron chi connectivity index (χ0n) is 12.4. The van der Waals surface area contributed by atoms with Crippen LogP contribution in [0.3, 0.4) is 0 Å². The van der Waals surface area contributed by atoms with Gasteiger partial charge in [0.2, 0.25) is 0 Å². The molecule has 0 spiro atoms. The maximum absolute atomic E-state index is 11.9. The summed E-state index contributed by atoms with van der Waals surface area (Å²) in [6.07, 6.45) is 3.13. The highest BCUT2D eigenvalue weighted by molar-refractivity contribution is 6.34. The second-order valence-corrected chi connectivity index (χ2v) is 5.99. The monoisotopic (exact) mass is 314 g/mol. The molecule has 6 nitrogen and oxygen atoms in total. The summed E-state index contributed by atoms with van der Waals surface area (Å²) >= 11 is 5.98. The first-order chi connectivity index (χ1) is 10.1. The van der Waals surface area contributed by atoms with Crippen molar-refractivity contribution in [1.82, 2.24) is 20.4 Å². The van der Waals surface area contributed by atoms with Gasteiger partial charge in [-0.3, -0.25) is 9.89 Å². The minimum atomic E-state index is -0.240. The van der Waals surface area contributed by atoms with Gasteiger partial charge in [-0.15, -0.1) is 0 Å². The third kappa shape index (κ3) is 4.43. The molecule has 1 atom stereocenters. The zero-order valence-corrected chi connectivity index (χ0v) is 13.1. The molecule has 7 heteroatoms. The number of aromatic nitrogens is 2. The molecule has 2 rings (SSSR count). The van der Waals surface area contributed by atoms with E-state index in [1.54, 1.807) is 6.92 Å². The maximum atomic E-state index is 11.9. The number of aliphatic hydroxyl groups excluding tert-OH is 1. The number of aromatic amines is 1. The molecular weight excluding hydrogens is 292 g/mol. The Hall–Kier alpha value is -1.11. The summed E-state index contributed by atoms with van der Waals surface area (Å²) in [6, 6.07) is 0. The summed E-state index contributed by atoms with van der Waals surface area (Å²) < 4.78 is 0. The van der Waals surface area contributed by atoms with Crippen molar-refractivity contribution >= 4 is 17.5 Å². The molecule has 2 heterocycles. The van der Waals surface area contributed by atoms with Crippen LogP contribution in [-0.2, 0) is 0 Å². The van der Waals surface area contributed by atoms with Crippen molar-refractivity contribution in [2.75, 3.05) is 32.8 Å². The first kappa shape index (κ1) is 16.3. The third-order valence-corrected chi connectivity index (χ3v) is 4.35. The number of H-pyrrole nitrogens is 1. The largest absolute Gasteiger partial charge is 0.396 e. The minimum absolute atomic E-state index is 0.240. The van der Waals surface area contributed by atoms with Gasteiger partial charge in [0.15, 0.2) is 5.69 Å². The molecule has 118 valence electrons. The van der Waals surface area contributed by atoms with E-state index in [2.05, 4.69) is 20.4 Å². The average Bonchev–Trinajstić information content (AvgIpc) is 2.83. The number of carbonyl (C=O) groups excluding carboxylic acids is 1. The molecule has 1 aliphatic heterocycles. The lowest BCUT2D eigenvalue weighted by Gasteiger charge is -2.31. The van der Waals surface area contributed by atoms with E-state index >= 15 is 0 Å². The molecule has 3 N–H and O–H groups in total. The van der Waals surface area contributed by atoms with E-state index in [9.17, 15) is 9.90 Å². The number of piperidine rings is 1. The third-order valence-electron chi connectivity index (χ3n) is 3.89. The van der Waals surface area contributed by atoms with Crippen molar-refractivity contribution in [2.45, 2.75) is 26.2 Å². The number of hydrogen-bond donors (Lipinski definition) is 3. The number of rotatable bonds is 6. The lowest BCUT2D eigenvalue weighted by Crippen LogP contribution is -2.38. The first-order valence-corrected chi connectivity index (χ1v) is 7.81. The Morgan fingerprint density at radius 2 is 2.43 bits per heavy atom. The van der Waals surface area contributed by atoms with Gasteiger partial charge in [0, 0.05) is 19.7 Å². The van der Waals surface area contributed by atoms with Gasteiger partial charge in [0.1, 0.15) is 0 Å². The molecule has 0 radical (unpaired) electrons. The van der Waals surface area contributed by atoms with Crippen molar-refractivity contribution in [3.05, 3.63) is 16.4 Å². The number of amides is 1. The van der Waals surface area contributed by atoms with E-state index < -0.39 is 0 Å². The molecule has 1 aromatic heterocycles. The maximum Gasteiger partial charge on any atom is 0.273 e. The highest BCUT2D eigenvalue weighted by atomic mass is 35.5. The van der Waals surface area contributed by atoms with Crippen molar-refractivity contribution < 1.29 is 9.90 Å². The van der Waals surface area contributed by atoms with Crippen molar-refractivity contribution in [2.24, 2.45) is 5.92 Å². The highest BCUT2D eigenvalue weighted by Gasteiger charge is 2.19. The van der Waals surface area contributed by atoms with E-state index in [1.165, 1.54) is 0 Å². The fraction of sp³-hybridized carbons (Fsp3) is 0.714. The Labute approximate surface area is 129 Å². The number of nitrogens with zero attached hydrogens (tertiary/aromatic N) is 2. The Kier molecular flexibility index (Phi) is 6.02. The highest BCUT2D eigenvalue weighted by Crippen LogP contribution is 2.17. The van der Waals surface area contributed by atoms with Gasteiger partial charge < -0.3 is 15.3 Å². The molecule has 1 amide bonds. The Morgan fingerprint density at radius 1 is 1.62 bits per heavy atom. The van der Waals surface area contributed by atoms with Crippen LogP contribution < -0.4 is 5.32 Å². The van der Waals surface area contributed by atoms with Crippen LogP contribution >= 0.6 is 11.6 Å². The quantitative estimate of drug-likeness (QED) is 0.689. The minimum Gasteiger partial charge on any atom is -0.396 e. The van der Waals surface area contributed by atoms with Crippen LogP contribution in [0.15, 0.2) is 0 Å². The molecular formula is C14H23ClN4O2. The summed E-state index contributed by atoms with van der Waals surface area (Å²) in [4.78, 5) is 14.3. The van der Waals surface area contributed by atoms with Gasteiger partial charge in [0.05, 0.1) is 10.7 Å². The molecule has 1 saturated heterocycles. The van der Waals surface area contributed by atoms with Gasteiger partial charge >= 0.3 is 0 Å². The lowest BCUT2D eigenvalue weighted by molar-refractivity contribution is 0.0941.